The second-order valence-electron chi connectivity index (χ2n) is 17.4. The van der Waals surface area contributed by atoms with Crippen molar-refractivity contribution in [2.75, 3.05) is 6.61 Å². The number of allylic oxidation sites excluding steroid dienone is 2. The summed E-state index contributed by atoms with van der Waals surface area (Å²) in [6.45, 7) is 4.19. The van der Waals surface area contributed by atoms with Gasteiger partial charge >= 0.3 is 0 Å². The zero-order valence-electron chi connectivity index (χ0n) is 37.3. The highest BCUT2D eigenvalue weighted by molar-refractivity contribution is 5.76. The van der Waals surface area contributed by atoms with Crippen molar-refractivity contribution < 1.29 is 20.1 Å². The monoisotopic (exact) mass is 778 g/mol. The van der Waals surface area contributed by atoms with E-state index >= 15 is 0 Å². The van der Waals surface area contributed by atoms with Crippen LogP contribution in [0.3, 0.4) is 0 Å². The van der Waals surface area contributed by atoms with Crippen molar-refractivity contribution in [3.8, 4) is 0 Å². The molecule has 4 N–H and O–H groups in total. The van der Waals surface area contributed by atoms with E-state index in [9.17, 15) is 20.1 Å². The Labute approximate surface area is 344 Å². The molecule has 0 rings (SSSR count). The van der Waals surface area contributed by atoms with Gasteiger partial charge in [0.15, 0.2) is 0 Å². The van der Waals surface area contributed by atoms with Crippen LogP contribution in [-0.2, 0) is 4.79 Å². The van der Waals surface area contributed by atoms with Crippen LogP contribution in [-0.4, -0.2) is 46.1 Å². The Morgan fingerprint density at radius 1 is 0.436 bits per heavy atom. The molecule has 0 aromatic heterocycles. The number of carbonyl (C=O) groups excluding carboxylic acids is 1. The minimum atomic E-state index is -1.15. The van der Waals surface area contributed by atoms with E-state index in [-0.39, 0.29) is 12.5 Å². The molecule has 3 unspecified atom stereocenters. The molecular weight excluding hydrogens is 679 g/mol. The Hall–Kier alpha value is -0.910. The summed E-state index contributed by atoms with van der Waals surface area (Å²) in [5.74, 6) is -0.149. The standard InChI is InChI=1S/C50H99NO4/c1-3-5-7-9-11-13-15-17-19-20-21-22-23-24-25-26-27-28-29-31-33-35-37-39-41-43-45-49(54)51-47(46-52)50(55)48(53)44-42-40-38-36-34-32-30-18-16-14-12-10-8-6-4-2/h36,38,47-48,50,52-53,55H,3-35,37,39-46H2,1-2H3,(H,51,54)/b38-36+. The predicted octanol–water partition coefficient (Wildman–Crippen LogP) is 14.8. The van der Waals surface area contributed by atoms with Gasteiger partial charge in [0.1, 0.15) is 6.10 Å². The van der Waals surface area contributed by atoms with Crippen molar-refractivity contribution in [2.45, 2.75) is 295 Å². The third-order valence-electron chi connectivity index (χ3n) is 11.9. The van der Waals surface area contributed by atoms with Crippen molar-refractivity contribution in [2.24, 2.45) is 0 Å². The maximum Gasteiger partial charge on any atom is 0.220 e. The summed E-state index contributed by atoms with van der Waals surface area (Å²) >= 11 is 0. The quantitative estimate of drug-likeness (QED) is 0.0366. The summed E-state index contributed by atoms with van der Waals surface area (Å²) in [7, 11) is 0. The van der Waals surface area contributed by atoms with Gasteiger partial charge in [-0.3, -0.25) is 4.79 Å². The lowest BCUT2D eigenvalue weighted by molar-refractivity contribution is -0.124. The first-order chi connectivity index (χ1) is 27.1. The minimum Gasteiger partial charge on any atom is -0.394 e. The van der Waals surface area contributed by atoms with Crippen LogP contribution >= 0.6 is 0 Å². The fraction of sp³-hybridized carbons (Fsp3) is 0.940. The number of amides is 1. The highest BCUT2D eigenvalue weighted by Gasteiger charge is 2.26. The number of hydrogen-bond acceptors (Lipinski definition) is 4. The van der Waals surface area contributed by atoms with Crippen LogP contribution in [0.25, 0.3) is 0 Å². The highest BCUT2D eigenvalue weighted by atomic mass is 16.3. The summed E-state index contributed by atoms with van der Waals surface area (Å²) in [5, 5.41) is 33.6. The zero-order valence-corrected chi connectivity index (χ0v) is 37.3. The highest BCUT2D eigenvalue weighted by Crippen LogP contribution is 2.17. The Morgan fingerprint density at radius 3 is 1.05 bits per heavy atom. The third-order valence-corrected chi connectivity index (χ3v) is 11.9. The first kappa shape index (κ1) is 54.1. The second kappa shape index (κ2) is 45.8. The molecular formula is C50H99NO4. The van der Waals surface area contributed by atoms with E-state index in [0.29, 0.717) is 12.8 Å². The molecule has 0 heterocycles. The average molecular weight is 778 g/mol. The molecule has 0 aliphatic rings. The van der Waals surface area contributed by atoms with Gasteiger partial charge in [-0.05, 0) is 38.5 Å². The molecule has 5 heteroatoms. The molecule has 0 saturated heterocycles. The van der Waals surface area contributed by atoms with Gasteiger partial charge in [0, 0.05) is 6.42 Å². The number of rotatable bonds is 46. The predicted molar refractivity (Wildman–Crippen MR) is 241 cm³/mol. The largest absolute Gasteiger partial charge is 0.394 e. The van der Waals surface area contributed by atoms with Crippen LogP contribution in [0.5, 0.6) is 0 Å². The maximum absolute atomic E-state index is 12.5. The van der Waals surface area contributed by atoms with Gasteiger partial charge in [-0.25, -0.2) is 0 Å². The van der Waals surface area contributed by atoms with Gasteiger partial charge in [0.05, 0.1) is 18.8 Å². The summed E-state index contributed by atoms with van der Waals surface area (Å²) in [5.41, 5.74) is 0. The molecule has 0 aliphatic heterocycles. The number of aliphatic hydroxyl groups is 3. The van der Waals surface area contributed by atoms with Crippen LogP contribution in [0.4, 0.5) is 0 Å². The number of nitrogens with one attached hydrogen (secondary N) is 1. The Morgan fingerprint density at radius 2 is 0.727 bits per heavy atom. The molecule has 0 aromatic carbocycles. The lowest BCUT2D eigenvalue weighted by Crippen LogP contribution is -2.50. The maximum atomic E-state index is 12.5. The van der Waals surface area contributed by atoms with E-state index in [2.05, 4.69) is 31.3 Å². The Balaban J connectivity index is 3.54. The molecule has 5 nitrogen and oxygen atoms in total. The molecule has 3 atom stereocenters. The summed E-state index contributed by atoms with van der Waals surface area (Å²) in [4.78, 5) is 12.5. The summed E-state index contributed by atoms with van der Waals surface area (Å²) < 4.78 is 0. The average Bonchev–Trinajstić information content (AvgIpc) is 3.19. The SMILES string of the molecule is CCCCCCCCCCCC/C=C/CCCC(O)C(O)C(CO)NC(=O)CCCCCCCCCCCCCCCCCCCCCCCCCCCC. The van der Waals surface area contributed by atoms with E-state index in [1.54, 1.807) is 0 Å². The molecule has 1 amide bonds. The van der Waals surface area contributed by atoms with Crippen LogP contribution in [0.15, 0.2) is 12.2 Å². The van der Waals surface area contributed by atoms with Crippen LogP contribution in [0, 0.1) is 0 Å². The number of aliphatic hydroxyl groups excluding tert-OH is 3. The van der Waals surface area contributed by atoms with Crippen LogP contribution in [0.1, 0.15) is 277 Å². The van der Waals surface area contributed by atoms with Gasteiger partial charge in [-0.15, -0.1) is 0 Å². The van der Waals surface area contributed by atoms with Crippen molar-refractivity contribution in [3.63, 3.8) is 0 Å². The molecule has 0 aromatic rings. The number of hydrogen-bond donors (Lipinski definition) is 4. The smallest absolute Gasteiger partial charge is 0.220 e. The molecule has 0 fully saturated rings. The topological polar surface area (TPSA) is 89.8 Å². The van der Waals surface area contributed by atoms with E-state index in [1.807, 2.05) is 0 Å². The molecule has 0 bridgehead atoms. The first-order valence-electron chi connectivity index (χ1n) is 25.0. The minimum absolute atomic E-state index is 0.149. The molecule has 0 aliphatic carbocycles. The van der Waals surface area contributed by atoms with E-state index in [4.69, 9.17) is 0 Å². The van der Waals surface area contributed by atoms with Gasteiger partial charge in [0.2, 0.25) is 5.91 Å². The van der Waals surface area contributed by atoms with E-state index in [0.717, 1.165) is 38.5 Å². The fourth-order valence-electron chi connectivity index (χ4n) is 7.99. The summed E-state index contributed by atoms with van der Waals surface area (Å²) in [6, 6.07) is -0.821. The lowest BCUT2D eigenvalue weighted by atomic mass is 10.0. The summed E-state index contributed by atoms with van der Waals surface area (Å²) in [6.07, 6.45) is 54.9. The van der Waals surface area contributed by atoms with Crippen molar-refractivity contribution >= 4 is 5.91 Å². The first-order valence-corrected chi connectivity index (χ1v) is 25.0. The lowest BCUT2D eigenvalue weighted by Gasteiger charge is -2.26. The second-order valence-corrected chi connectivity index (χ2v) is 17.4. The van der Waals surface area contributed by atoms with Gasteiger partial charge < -0.3 is 20.6 Å². The third kappa shape index (κ3) is 41.1. The zero-order chi connectivity index (χ0) is 40.1. The van der Waals surface area contributed by atoms with Crippen LogP contribution in [0.2, 0.25) is 0 Å². The fourth-order valence-corrected chi connectivity index (χ4v) is 7.99. The van der Waals surface area contributed by atoms with Crippen molar-refractivity contribution in [1.82, 2.24) is 5.32 Å². The van der Waals surface area contributed by atoms with Crippen LogP contribution < -0.4 is 5.32 Å². The van der Waals surface area contributed by atoms with Gasteiger partial charge in [0.25, 0.3) is 0 Å². The van der Waals surface area contributed by atoms with E-state index in [1.165, 1.54) is 212 Å². The Bertz CT molecular complexity index is 773. The van der Waals surface area contributed by atoms with Gasteiger partial charge in [-0.2, -0.15) is 0 Å². The molecule has 55 heavy (non-hydrogen) atoms. The number of carbonyl (C=O) groups is 1. The Kier molecular flexibility index (Phi) is 45.0. The van der Waals surface area contributed by atoms with Crippen molar-refractivity contribution in [1.29, 1.82) is 0 Å². The van der Waals surface area contributed by atoms with Crippen molar-refractivity contribution in [3.05, 3.63) is 12.2 Å². The van der Waals surface area contributed by atoms with E-state index < -0.39 is 18.2 Å². The normalized spacial score (nSPS) is 13.5. The molecule has 0 spiro atoms. The molecule has 0 saturated carbocycles. The van der Waals surface area contributed by atoms with Gasteiger partial charge in [-0.1, -0.05) is 244 Å². The molecule has 328 valence electrons. The molecule has 0 radical (unpaired) electrons. The number of unbranched alkanes of at least 4 members (excludes halogenated alkanes) is 36.